The monoisotopic (exact) mass is 364 g/mol. The highest BCUT2D eigenvalue weighted by molar-refractivity contribution is 5.86. The molecule has 0 aliphatic carbocycles. The van der Waals surface area contributed by atoms with Crippen LogP contribution in [-0.4, -0.2) is 52.6 Å². The van der Waals surface area contributed by atoms with Crippen LogP contribution in [0.5, 0.6) is 0 Å². The fourth-order valence-corrected chi connectivity index (χ4v) is 3.58. The highest BCUT2D eigenvalue weighted by Gasteiger charge is 2.18. The van der Waals surface area contributed by atoms with Gasteiger partial charge in [0.25, 0.3) is 0 Å². The quantitative estimate of drug-likeness (QED) is 0.705. The van der Waals surface area contributed by atoms with Crippen molar-refractivity contribution in [3.05, 3.63) is 59.6 Å². The number of anilines is 1. The standard InChI is InChI=1S/C20H21FN6/c1-22-17-4-5-19-18(11-17)15(12-23-19)3-2-6-26-7-9-27(10-8-26)20-24-13-16(21)14-25-20/h4-5,11-14,23H,2-3,6-10H2. The highest BCUT2D eigenvalue weighted by atomic mass is 19.1. The molecule has 3 aromatic rings. The number of nitrogens with one attached hydrogen (secondary N) is 1. The number of rotatable bonds is 5. The Kier molecular flexibility index (Phi) is 4.99. The van der Waals surface area contributed by atoms with Gasteiger partial charge in [-0.1, -0.05) is 6.07 Å². The molecule has 27 heavy (non-hydrogen) atoms. The zero-order valence-electron chi connectivity index (χ0n) is 15.0. The molecule has 1 aromatic carbocycles. The third-order valence-electron chi connectivity index (χ3n) is 5.06. The summed E-state index contributed by atoms with van der Waals surface area (Å²) in [5, 5.41) is 1.15. The molecule has 7 heteroatoms. The molecule has 4 rings (SSSR count). The molecule has 1 N–H and O–H groups in total. The average molecular weight is 364 g/mol. The normalized spacial score (nSPS) is 15.2. The third-order valence-corrected chi connectivity index (χ3v) is 5.06. The van der Waals surface area contributed by atoms with Gasteiger partial charge in [0.2, 0.25) is 5.95 Å². The van der Waals surface area contributed by atoms with Gasteiger partial charge in [-0.25, -0.2) is 19.2 Å². The van der Waals surface area contributed by atoms with Crippen molar-refractivity contribution in [3.63, 3.8) is 0 Å². The van der Waals surface area contributed by atoms with Gasteiger partial charge in [0.05, 0.1) is 19.0 Å². The summed E-state index contributed by atoms with van der Waals surface area (Å²) in [6, 6.07) is 5.79. The summed E-state index contributed by atoms with van der Waals surface area (Å²) in [5.74, 6) is 0.198. The number of hydrogen-bond donors (Lipinski definition) is 1. The zero-order valence-corrected chi connectivity index (χ0v) is 15.0. The molecular formula is C20H21FN6. The van der Waals surface area contributed by atoms with Crippen LogP contribution in [0.4, 0.5) is 16.0 Å². The van der Waals surface area contributed by atoms with Crippen LogP contribution < -0.4 is 4.90 Å². The lowest BCUT2D eigenvalue weighted by Gasteiger charge is -2.34. The van der Waals surface area contributed by atoms with Crippen molar-refractivity contribution in [1.82, 2.24) is 19.9 Å². The van der Waals surface area contributed by atoms with Crippen molar-refractivity contribution in [3.8, 4) is 0 Å². The van der Waals surface area contributed by atoms with E-state index in [9.17, 15) is 4.39 Å². The van der Waals surface area contributed by atoms with E-state index < -0.39 is 5.82 Å². The van der Waals surface area contributed by atoms with Gasteiger partial charge in [-0.05, 0) is 42.5 Å². The molecule has 138 valence electrons. The Morgan fingerprint density at radius 1 is 1.15 bits per heavy atom. The van der Waals surface area contributed by atoms with E-state index in [0.29, 0.717) is 11.6 Å². The van der Waals surface area contributed by atoms with Gasteiger partial charge in [0.1, 0.15) is 0 Å². The van der Waals surface area contributed by atoms with Gasteiger partial charge in [0.15, 0.2) is 11.5 Å². The van der Waals surface area contributed by atoms with Gasteiger partial charge in [-0.3, -0.25) is 4.90 Å². The summed E-state index contributed by atoms with van der Waals surface area (Å²) >= 11 is 0. The summed E-state index contributed by atoms with van der Waals surface area (Å²) in [4.78, 5) is 19.5. The molecule has 0 unspecified atom stereocenters. The van der Waals surface area contributed by atoms with Crippen LogP contribution in [0.1, 0.15) is 12.0 Å². The van der Waals surface area contributed by atoms with E-state index in [4.69, 9.17) is 6.57 Å². The van der Waals surface area contributed by atoms with Gasteiger partial charge < -0.3 is 9.88 Å². The molecule has 1 aliphatic rings. The van der Waals surface area contributed by atoms with E-state index in [-0.39, 0.29) is 0 Å². The molecule has 0 radical (unpaired) electrons. The first-order valence-corrected chi connectivity index (χ1v) is 9.15. The second-order valence-corrected chi connectivity index (χ2v) is 6.79. The van der Waals surface area contributed by atoms with Gasteiger partial charge >= 0.3 is 0 Å². The number of aromatic amines is 1. The second-order valence-electron chi connectivity index (χ2n) is 6.79. The maximum Gasteiger partial charge on any atom is 0.225 e. The highest BCUT2D eigenvalue weighted by Crippen LogP contribution is 2.25. The van der Waals surface area contributed by atoms with Crippen LogP contribution in [0.15, 0.2) is 36.8 Å². The first-order chi connectivity index (χ1) is 13.2. The molecule has 0 amide bonds. The van der Waals surface area contributed by atoms with Gasteiger partial charge in [0, 0.05) is 37.9 Å². The van der Waals surface area contributed by atoms with Crippen LogP contribution in [0.2, 0.25) is 0 Å². The number of halogens is 1. The molecular weight excluding hydrogens is 343 g/mol. The molecule has 1 aliphatic heterocycles. The van der Waals surface area contributed by atoms with Crippen molar-refractivity contribution in [2.45, 2.75) is 12.8 Å². The fraction of sp³-hybridized carbons (Fsp3) is 0.350. The Labute approximate surface area is 157 Å². The first-order valence-electron chi connectivity index (χ1n) is 9.15. The van der Waals surface area contributed by atoms with Crippen LogP contribution in [0.3, 0.4) is 0 Å². The number of piperazine rings is 1. The van der Waals surface area contributed by atoms with Crippen LogP contribution in [-0.2, 0) is 6.42 Å². The summed E-state index contributed by atoms with van der Waals surface area (Å²) in [7, 11) is 0. The summed E-state index contributed by atoms with van der Waals surface area (Å²) in [6.45, 7) is 11.8. The van der Waals surface area contributed by atoms with Crippen LogP contribution in [0, 0.1) is 12.4 Å². The Morgan fingerprint density at radius 2 is 1.93 bits per heavy atom. The van der Waals surface area contributed by atoms with E-state index >= 15 is 0 Å². The molecule has 2 aromatic heterocycles. The lowest BCUT2D eigenvalue weighted by Crippen LogP contribution is -2.47. The van der Waals surface area contributed by atoms with E-state index in [1.807, 2.05) is 18.2 Å². The largest absolute Gasteiger partial charge is 0.361 e. The average Bonchev–Trinajstić information content (AvgIpc) is 3.11. The van der Waals surface area contributed by atoms with Crippen LogP contribution in [0.25, 0.3) is 15.7 Å². The molecule has 0 bridgehead atoms. The maximum atomic E-state index is 12.9. The minimum atomic E-state index is -0.404. The Morgan fingerprint density at radius 3 is 2.67 bits per heavy atom. The SMILES string of the molecule is [C-]#[N+]c1ccc2[nH]cc(CCCN3CCN(c4ncc(F)cn4)CC3)c2c1. The summed E-state index contributed by atoms with van der Waals surface area (Å²) in [6.07, 6.45) is 6.55. The van der Waals surface area contributed by atoms with E-state index in [0.717, 1.165) is 56.5 Å². The Hall–Kier alpha value is -2.98. The van der Waals surface area contributed by atoms with Crippen molar-refractivity contribution >= 4 is 22.5 Å². The number of nitrogens with zero attached hydrogens (tertiary/aromatic N) is 5. The van der Waals surface area contributed by atoms with Crippen molar-refractivity contribution in [2.75, 3.05) is 37.6 Å². The molecule has 0 spiro atoms. The van der Waals surface area contributed by atoms with Gasteiger partial charge in [-0.2, -0.15) is 0 Å². The Balaban J connectivity index is 1.28. The smallest absolute Gasteiger partial charge is 0.225 e. The fourth-order valence-electron chi connectivity index (χ4n) is 3.58. The minimum absolute atomic E-state index is 0.404. The summed E-state index contributed by atoms with van der Waals surface area (Å²) in [5.41, 5.74) is 3.04. The number of fused-ring (bicyclic) bond motifs is 1. The maximum absolute atomic E-state index is 12.9. The predicted octanol–water partition coefficient (Wildman–Crippen LogP) is 3.40. The number of aromatic nitrogens is 3. The minimum Gasteiger partial charge on any atom is -0.361 e. The molecule has 3 heterocycles. The Bertz CT molecular complexity index is 951. The molecule has 0 atom stereocenters. The van der Waals surface area contributed by atoms with Crippen molar-refractivity contribution < 1.29 is 4.39 Å². The first kappa shape index (κ1) is 17.4. The lowest BCUT2D eigenvalue weighted by molar-refractivity contribution is 0.254. The third kappa shape index (κ3) is 3.91. The van der Waals surface area contributed by atoms with Crippen LogP contribution >= 0.6 is 0 Å². The molecule has 1 fully saturated rings. The topological polar surface area (TPSA) is 52.4 Å². The van der Waals surface area contributed by atoms with Gasteiger partial charge in [-0.15, -0.1) is 0 Å². The lowest BCUT2D eigenvalue weighted by atomic mass is 10.1. The van der Waals surface area contributed by atoms with E-state index in [1.165, 1.54) is 18.0 Å². The van der Waals surface area contributed by atoms with E-state index in [1.54, 1.807) is 0 Å². The summed E-state index contributed by atoms with van der Waals surface area (Å²) < 4.78 is 12.9. The van der Waals surface area contributed by atoms with Crippen molar-refractivity contribution in [1.29, 1.82) is 0 Å². The number of benzene rings is 1. The predicted molar refractivity (Wildman–Crippen MR) is 104 cm³/mol. The number of aryl methyl sites for hydroxylation is 1. The molecule has 0 saturated carbocycles. The molecule has 6 nitrogen and oxygen atoms in total. The van der Waals surface area contributed by atoms with Crippen molar-refractivity contribution in [2.24, 2.45) is 0 Å². The van der Waals surface area contributed by atoms with E-state index in [2.05, 4.69) is 35.8 Å². The molecule has 1 saturated heterocycles. The number of H-pyrrole nitrogens is 1. The second kappa shape index (κ2) is 7.72. The number of hydrogen-bond acceptors (Lipinski definition) is 4. The zero-order chi connectivity index (χ0) is 18.6.